The summed E-state index contributed by atoms with van der Waals surface area (Å²) in [6.45, 7) is 1.92. The number of nitrogens with one attached hydrogen (secondary N) is 2. The highest BCUT2D eigenvalue weighted by Crippen LogP contribution is 2.17. The maximum atomic E-state index is 11.7. The van der Waals surface area contributed by atoms with Gasteiger partial charge in [-0.05, 0) is 46.6 Å². The van der Waals surface area contributed by atoms with Crippen LogP contribution in [0.15, 0.2) is 35.2 Å². The minimum Gasteiger partial charge on any atom is -0.357 e. The van der Waals surface area contributed by atoms with E-state index in [9.17, 15) is 4.79 Å². The third-order valence-corrected chi connectivity index (χ3v) is 2.95. The highest BCUT2D eigenvalue weighted by molar-refractivity contribution is 9.10. The molecule has 5 heteroatoms. The monoisotopic (exact) mass is 279 g/mol. The number of H-pyrrole nitrogens is 1. The topological polar surface area (TPSA) is 57.8 Å². The summed E-state index contributed by atoms with van der Waals surface area (Å²) < 4.78 is 0.783. The summed E-state index contributed by atoms with van der Waals surface area (Å²) in [6.07, 6.45) is 3.32. The minimum atomic E-state index is -0.173. The average Bonchev–Trinajstić information content (AvgIpc) is 2.77. The van der Waals surface area contributed by atoms with Crippen molar-refractivity contribution in [3.63, 3.8) is 0 Å². The van der Waals surface area contributed by atoms with Gasteiger partial charge in [-0.1, -0.05) is 0 Å². The Morgan fingerprint density at radius 1 is 1.56 bits per heavy atom. The fourth-order valence-corrected chi connectivity index (χ4v) is 1.51. The number of halogens is 1. The van der Waals surface area contributed by atoms with Gasteiger partial charge in [-0.2, -0.15) is 0 Å². The number of carbonyl (C=O) groups is 1. The molecule has 2 aromatic heterocycles. The number of anilines is 1. The largest absolute Gasteiger partial charge is 0.357 e. The molecule has 82 valence electrons. The van der Waals surface area contributed by atoms with Gasteiger partial charge in [0.05, 0.1) is 11.9 Å². The summed E-state index contributed by atoms with van der Waals surface area (Å²) in [5, 5.41) is 2.76. The Balaban J connectivity index is 2.15. The van der Waals surface area contributed by atoms with Crippen molar-refractivity contribution >= 4 is 27.5 Å². The van der Waals surface area contributed by atoms with E-state index in [0.29, 0.717) is 11.4 Å². The predicted octanol–water partition coefficient (Wildman–Crippen LogP) is 2.73. The zero-order valence-electron chi connectivity index (χ0n) is 8.62. The first-order valence-corrected chi connectivity index (χ1v) is 5.53. The van der Waals surface area contributed by atoms with E-state index >= 15 is 0 Å². The lowest BCUT2D eigenvalue weighted by molar-refractivity contribution is 0.102. The molecule has 0 bridgehead atoms. The summed E-state index contributed by atoms with van der Waals surface area (Å²) in [5.41, 5.74) is 2.19. The second-order valence-electron chi connectivity index (χ2n) is 3.37. The number of pyridine rings is 1. The predicted molar refractivity (Wildman–Crippen MR) is 65.4 cm³/mol. The highest BCUT2D eigenvalue weighted by atomic mass is 79.9. The van der Waals surface area contributed by atoms with E-state index in [0.717, 1.165) is 10.2 Å². The molecular weight excluding hydrogens is 270 g/mol. The number of hydrogen-bond acceptors (Lipinski definition) is 2. The van der Waals surface area contributed by atoms with Crippen LogP contribution in [0.25, 0.3) is 0 Å². The molecule has 2 aromatic rings. The van der Waals surface area contributed by atoms with Crippen LogP contribution in [-0.2, 0) is 0 Å². The molecule has 16 heavy (non-hydrogen) atoms. The minimum absolute atomic E-state index is 0.173. The summed E-state index contributed by atoms with van der Waals surface area (Å²) in [6, 6.07) is 5.35. The molecule has 0 saturated carbocycles. The Bertz CT molecular complexity index is 508. The van der Waals surface area contributed by atoms with Crippen molar-refractivity contribution in [1.82, 2.24) is 9.97 Å². The van der Waals surface area contributed by atoms with Gasteiger partial charge in [0.25, 0.3) is 5.91 Å². The number of carbonyl (C=O) groups excluding carboxylic acids is 1. The molecule has 1 amide bonds. The van der Waals surface area contributed by atoms with Crippen LogP contribution in [0.4, 0.5) is 5.69 Å². The van der Waals surface area contributed by atoms with Crippen LogP contribution in [0.5, 0.6) is 0 Å². The normalized spacial score (nSPS) is 10.1. The third-order valence-electron chi connectivity index (χ3n) is 2.11. The number of aromatic nitrogens is 2. The molecule has 0 fully saturated rings. The zero-order chi connectivity index (χ0) is 11.5. The molecule has 0 aliphatic carbocycles. The highest BCUT2D eigenvalue weighted by Gasteiger charge is 2.07. The second kappa shape index (κ2) is 4.49. The number of aromatic amines is 1. The van der Waals surface area contributed by atoms with Crippen LogP contribution in [-0.4, -0.2) is 15.9 Å². The lowest BCUT2D eigenvalue weighted by Gasteiger charge is -2.05. The van der Waals surface area contributed by atoms with Crippen molar-refractivity contribution in [2.75, 3.05) is 5.32 Å². The molecule has 0 spiro atoms. The summed E-state index contributed by atoms with van der Waals surface area (Å²) in [4.78, 5) is 18.6. The van der Waals surface area contributed by atoms with Gasteiger partial charge in [-0.15, -0.1) is 0 Å². The standard InChI is InChI=1S/C11H10BrN3O/c1-7-5-8(6-14-10(7)12)15-11(16)9-3-2-4-13-9/h2-6,13H,1H3,(H,15,16). The van der Waals surface area contributed by atoms with Gasteiger partial charge in [-0.3, -0.25) is 4.79 Å². The van der Waals surface area contributed by atoms with Gasteiger partial charge in [0.1, 0.15) is 10.3 Å². The molecule has 2 rings (SSSR count). The lowest BCUT2D eigenvalue weighted by atomic mass is 10.3. The third kappa shape index (κ3) is 2.30. The molecule has 0 saturated heterocycles. The summed E-state index contributed by atoms with van der Waals surface area (Å²) in [5.74, 6) is -0.173. The molecule has 0 aromatic carbocycles. The second-order valence-corrected chi connectivity index (χ2v) is 4.12. The van der Waals surface area contributed by atoms with Crippen molar-refractivity contribution in [2.45, 2.75) is 6.92 Å². The Morgan fingerprint density at radius 2 is 2.38 bits per heavy atom. The maximum absolute atomic E-state index is 11.7. The smallest absolute Gasteiger partial charge is 0.272 e. The number of rotatable bonds is 2. The van der Waals surface area contributed by atoms with Crippen molar-refractivity contribution in [2.24, 2.45) is 0 Å². The average molecular weight is 280 g/mol. The Labute approximate surface area is 101 Å². The first kappa shape index (κ1) is 10.9. The molecule has 0 aliphatic rings. The van der Waals surface area contributed by atoms with Gasteiger partial charge in [-0.25, -0.2) is 4.98 Å². The van der Waals surface area contributed by atoms with E-state index in [1.165, 1.54) is 0 Å². The summed E-state index contributed by atoms with van der Waals surface area (Å²) in [7, 11) is 0. The Kier molecular flexibility index (Phi) is 3.05. The van der Waals surface area contributed by atoms with E-state index in [4.69, 9.17) is 0 Å². The molecule has 0 atom stereocenters. The van der Waals surface area contributed by atoms with Crippen LogP contribution >= 0.6 is 15.9 Å². The van der Waals surface area contributed by atoms with Crippen LogP contribution in [0.3, 0.4) is 0 Å². The van der Waals surface area contributed by atoms with Gasteiger partial charge in [0.2, 0.25) is 0 Å². The maximum Gasteiger partial charge on any atom is 0.272 e. The Morgan fingerprint density at radius 3 is 3.00 bits per heavy atom. The van der Waals surface area contributed by atoms with Crippen LogP contribution in [0.2, 0.25) is 0 Å². The molecule has 0 unspecified atom stereocenters. The fraction of sp³-hybridized carbons (Fsp3) is 0.0909. The molecular formula is C11H10BrN3O. The number of hydrogen-bond donors (Lipinski definition) is 2. The summed E-state index contributed by atoms with van der Waals surface area (Å²) >= 11 is 3.30. The van der Waals surface area contributed by atoms with Gasteiger partial charge >= 0.3 is 0 Å². The van der Waals surface area contributed by atoms with E-state index in [2.05, 4.69) is 31.2 Å². The molecule has 0 radical (unpaired) electrons. The molecule has 2 heterocycles. The molecule has 2 N–H and O–H groups in total. The van der Waals surface area contributed by atoms with Gasteiger partial charge in [0, 0.05) is 6.20 Å². The quantitative estimate of drug-likeness (QED) is 0.831. The van der Waals surface area contributed by atoms with E-state index in [1.807, 2.05) is 13.0 Å². The Hall–Kier alpha value is -1.62. The lowest BCUT2D eigenvalue weighted by Crippen LogP contribution is -2.12. The van der Waals surface area contributed by atoms with Crippen LogP contribution < -0.4 is 5.32 Å². The van der Waals surface area contributed by atoms with Gasteiger partial charge in [0.15, 0.2) is 0 Å². The number of aryl methyl sites for hydroxylation is 1. The van der Waals surface area contributed by atoms with E-state index in [1.54, 1.807) is 24.5 Å². The first-order valence-electron chi connectivity index (χ1n) is 4.73. The van der Waals surface area contributed by atoms with Crippen LogP contribution in [0, 0.1) is 6.92 Å². The van der Waals surface area contributed by atoms with E-state index in [-0.39, 0.29) is 5.91 Å². The molecule has 0 aliphatic heterocycles. The van der Waals surface area contributed by atoms with Crippen molar-refractivity contribution in [3.05, 3.63) is 46.5 Å². The number of amides is 1. The van der Waals surface area contributed by atoms with Crippen molar-refractivity contribution in [1.29, 1.82) is 0 Å². The van der Waals surface area contributed by atoms with Crippen LogP contribution in [0.1, 0.15) is 16.1 Å². The van der Waals surface area contributed by atoms with E-state index < -0.39 is 0 Å². The first-order chi connectivity index (χ1) is 7.66. The SMILES string of the molecule is Cc1cc(NC(=O)c2ccc[nH]2)cnc1Br. The molecule has 4 nitrogen and oxygen atoms in total. The van der Waals surface area contributed by atoms with Crippen molar-refractivity contribution < 1.29 is 4.79 Å². The van der Waals surface area contributed by atoms with Crippen molar-refractivity contribution in [3.8, 4) is 0 Å². The zero-order valence-corrected chi connectivity index (χ0v) is 10.2. The van der Waals surface area contributed by atoms with Gasteiger partial charge < -0.3 is 10.3 Å². The fourth-order valence-electron chi connectivity index (χ4n) is 1.30. The number of nitrogens with zero attached hydrogens (tertiary/aromatic N) is 1.